The van der Waals surface area contributed by atoms with Gasteiger partial charge in [-0.25, -0.2) is 35.9 Å². The lowest BCUT2D eigenvalue weighted by atomic mass is 9.44. The van der Waals surface area contributed by atoms with E-state index in [1.807, 2.05) is 74.5 Å². The number of rotatable bonds is 12. The Morgan fingerprint density at radius 1 is 0.574 bits per heavy atom. The molecule has 4 aromatic carbocycles. The number of nitrogens with zero attached hydrogens (tertiary/aromatic N) is 2. The van der Waals surface area contributed by atoms with E-state index in [2.05, 4.69) is 9.44 Å². The molecule has 0 aliphatic heterocycles. The van der Waals surface area contributed by atoms with Gasteiger partial charge in [-0.1, -0.05) is 96.1 Å². The van der Waals surface area contributed by atoms with Crippen LogP contribution in [0.2, 0.25) is 0 Å². The van der Waals surface area contributed by atoms with Crippen molar-refractivity contribution in [3.63, 3.8) is 0 Å². The molecule has 0 heterocycles. The Labute approximate surface area is 319 Å². The van der Waals surface area contributed by atoms with Gasteiger partial charge in [0, 0.05) is 26.2 Å². The number of urea groups is 2. The lowest BCUT2D eigenvalue weighted by Crippen LogP contribution is -2.60. The van der Waals surface area contributed by atoms with Crippen LogP contribution in [0.25, 0.3) is 0 Å². The van der Waals surface area contributed by atoms with Crippen LogP contribution in [-0.2, 0) is 33.1 Å². The summed E-state index contributed by atoms with van der Waals surface area (Å²) in [5.41, 5.74) is 3.00. The first-order valence-corrected chi connectivity index (χ1v) is 21.5. The summed E-state index contributed by atoms with van der Waals surface area (Å²) in [4.78, 5) is 31.5. The lowest BCUT2D eigenvalue weighted by molar-refractivity contribution is -0.124. The van der Waals surface area contributed by atoms with Gasteiger partial charge in [0.2, 0.25) is 0 Å². The summed E-state index contributed by atoms with van der Waals surface area (Å²) in [6.07, 6.45) is 5.42. The summed E-state index contributed by atoms with van der Waals surface area (Å²) in [5.74, 6) is 0.754. The van der Waals surface area contributed by atoms with Crippen molar-refractivity contribution in [2.45, 2.75) is 75.3 Å². The fourth-order valence-electron chi connectivity index (χ4n) is 9.75. The molecule has 4 fully saturated rings. The zero-order valence-corrected chi connectivity index (χ0v) is 32.4. The highest BCUT2D eigenvalue weighted by atomic mass is 32.2. The minimum Gasteiger partial charge on any atom is -0.319 e. The molecule has 4 saturated carbocycles. The number of amides is 4. The third kappa shape index (κ3) is 8.50. The highest BCUT2D eigenvalue weighted by Crippen LogP contribution is 2.65. The average molecular weight is 769 g/mol. The SMILES string of the molecule is Cc1ccc(S(=O)(=O)NC(=O)N(Cc2ccccc2)CC23CC4CC(C2)CC(CN(Cc2ccccc2)C(=O)NS(=O)(=O)c2ccc(C)cc2)(C4)C3)cc1. The van der Waals surface area contributed by atoms with Crippen molar-refractivity contribution in [1.29, 1.82) is 0 Å². The zero-order valence-electron chi connectivity index (χ0n) is 30.8. The summed E-state index contributed by atoms with van der Waals surface area (Å²) in [7, 11) is -8.25. The zero-order chi connectivity index (χ0) is 38.1. The fraction of sp³-hybridized carbons (Fsp3) is 0.381. The van der Waals surface area contributed by atoms with Crippen LogP contribution in [0, 0.1) is 36.5 Å². The molecule has 10 nitrogen and oxygen atoms in total. The van der Waals surface area contributed by atoms with E-state index in [0.717, 1.165) is 60.8 Å². The quantitative estimate of drug-likeness (QED) is 0.155. The second-order valence-electron chi connectivity index (χ2n) is 16.1. The molecule has 4 aliphatic rings. The van der Waals surface area contributed by atoms with Crippen LogP contribution >= 0.6 is 0 Å². The summed E-state index contributed by atoms with van der Waals surface area (Å²) in [6.45, 7) is 4.93. The fourth-order valence-corrected chi connectivity index (χ4v) is 11.7. The molecule has 284 valence electrons. The Kier molecular flexibility index (Phi) is 10.4. The van der Waals surface area contributed by atoms with E-state index < -0.39 is 32.1 Å². The number of sulfonamides is 2. The maximum Gasteiger partial charge on any atom is 0.331 e. The van der Waals surface area contributed by atoms with Crippen LogP contribution < -0.4 is 9.44 Å². The van der Waals surface area contributed by atoms with Gasteiger partial charge in [0.15, 0.2) is 0 Å². The van der Waals surface area contributed by atoms with Gasteiger partial charge in [0.1, 0.15) is 0 Å². The van der Waals surface area contributed by atoms with Crippen LogP contribution in [0.4, 0.5) is 9.59 Å². The minimum absolute atomic E-state index is 0.0241. The lowest BCUT2D eigenvalue weighted by Gasteiger charge is -2.63. The topological polar surface area (TPSA) is 133 Å². The molecule has 4 aromatic rings. The molecule has 0 spiro atoms. The summed E-state index contributed by atoms with van der Waals surface area (Å²) in [5, 5.41) is 0. The van der Waals surface area contributed by atoms with Crippen LogP contribution in [0.3, 0.4) is 0 Å². The van der Waals surface area contributed by atoms with E-state index in [-0.39, 0.29) is 33.7 Å². The first kappa shape index (κ1) is 37.6. The van der Waals surface area contributed by atoms with Gasteiger partial charge in [-0.05, 0) is 110 Å². The van der Waals surface area contributed by atoms with Crippen LogP contribution in [-0.4, -0.2) is 51.8 Å². The Bertz CT molecular complexity index is 2030. The Hall–Kier alpha value is -4.68. The molecule has 4 aliphatic carbocycles. The summed E-state index contributed by atoms with van der Waals surface area (Å²) >= 11 is 0. The Morgan fingerprint density at radius 2 is 0.926 bits per heavy atom. The molecular formula is C42H48N4O6S2. The molecular weight excluding hydrogens is 721 g/mol. The second kappa shape index (κ2) is 14.9. The first-order chi connectivity index (χ1) is 25.7. The molecule has 0 atom stereocenters. The number of aryl methyl sites for hydroxylation is 2. The molecule has 12 heteroatoms. The molecule has 4 amide bonds. The molecule has 8 rings (SSSR count). The number of nitrogens with one attached hydrogen (secondary N) is 2. The van der Waals surface area contributed by atoms with Crippen molar-refractivity contribution >= 4 is 32.1 Å². The average Bonchev–Trinajstić information content (AvgIpc) is 3.11. The normalized spacial score (nSPS) is 23.1. The van der Waals surface area contributed by atoms with Gasteiger partial charge in [0.25, 0.3) is 20.0 Å². The molecule has 4 bridgehead atoms. The Balaban J connectivity index is 1.16. The minimum atomic E-state index is -4.13. The number of benzene rings is 4. The van der Waals surface area contributed by atoms with E-state index in [4.69, 9.17) is 0 Å². The van der Waals surface area contributed by atoms with E-state index in [1.54, 1.807) is 34.1 Å². The highest BCUT2D eigenvalue weighted by Gasteiger charge is 2.58. The van der Waals surface area contributed by atoms with Gasteiger partial charge >= 0.3 is 12.1 Å². The van der Waals surface area contributed by atoms with Gasteiger partial charge in [-0.2, -0.15) is 0 Å². The third-order valence-corrected chi connectivity index (χ3v) is 14.1. The van der Waals surface area contributed by atoms with Crippen molar-refractivity contribution < 1.29 is 26.4 Å². The maximum atomic E-state index is 14.1. The smallest absolute Gasteiger partial charge is 0.319 e. The predicted molar refractivity (Wildman–Crippen MR) is 207 cm³/mol. The predicted octanol–water partition coefficient (Wildman–Crippen LogP) is 7.39. The van der Waals surface area contributed by atoms with Crippen molar-refractivity contribution in [2.24, 2.45) is 22.7 Å². The number of hydrogen-bond acceptors (Lipinski definition) is 6. The molecule has 2 N–H and O–H groups in total. The third-order valence-electron chi connectivity index (χ3n) is 11.5. The van der Waals surface area contributed by atoms with Gasteiger partial charge < -0.3 is 9.80 Å². The van der Waals surface area contributed by atoms with Crippen LogP contribution in [0.1, 0.15) is 60.8 Å². The number of carbonyl (C=O) groups is 2. The van der Waals surface area contributed by atoms with E-state index in [1.165, 1.54) is 24.3 Å². The summed E-state index contributed by atoms with van der Waals surface area (Å²) < 4.78 is 58.4. The van der Waals surface area contributed by atoms with Gasteiger partial charge in [-0.3, -0.25) is 0 Å². The van der Waals surface area contributed by atoms with E-state index >= 15 is 0 Å². The molecule has 0 saturated heterocycles. The van der Waals surface area contributed by atoms with Crippen molar-refractivity contribution in [1.82, 2.24) is 19.2 Å². The number of carbonyl (C=O) groups excluding carboxylic acids is 2. The first-order valence-electron chi connectivity index (χ1n) is 18.6. The van der Waals surface area contributed by atoms with Gasteiger partial charge in [0.05, 0.1) is 9.79 Å². The largest absolute Gasteiger partial charge is 0.331 e. The highest BCUT2D eigenvalue weighted by molar-refractivity contribution is 7.90. The van der Waals surface area contributed by atoms with Crippen molar-refractivity contribution in [3.8, 4) is 0 Å². The number of hydrogen-bond donors (Lipinski definition) is 2. The van der Waals surface area contributed by atoms with Crippen molar-refractivity contribution in [3.05, 3.63) is 131 Å². The van der Waals surface area contributed by atoms with Gasteiger partial charge in [-0.15, -0.1) is 0 Å². The van der Waals surface area contributed by atoms with Crippen molar-refractivity contribution in [2.75, 3.05) is 13.1 Å². The van der Waals surface area contributed by atoms with E-state index in [0.29, 0.717) is 24.9 Å². The van der Waals surface area contributed by atoms with Crippen LogP contribution in [0.5, 0.6) is 0 Å². The molecule has 0 radical (unpaired) electrons. The summed E-state index contributed by atoms with van der Waals surface area (Å²) in [6, 6.07) is 30.6. The molecule has 0 unspecified atom stereocenters. The molecule has 0 aromatic heterocycles. The van der Waals surface area contributed by atoms with Crippen LogP contribution in [0.15, 0.2) is 119 Å². The van der Waals surface area contributed by atoms with E-state index in [9.17, 15) is 26.4 Å². The maximum absolute atomic E-state index is 14.1. The monoisotopic (exact) mass is 768 g/mol. The standard InChI is InChI=1S/C42H48N4O6S2/c1-31-13-17-37(18-14-31)53(49,50)43-39(47)45(26-33-9-5-3-6-10-33)29-41-22-35-21-36(23-41)25-42(24-35,28-41)30-46(27-34-11-7-4-8-12-34)40(48)44-54(51,52)38-19-15-32(2)16-20-38/h3-20,35-36H,21-30H2,1-2H3,(H,43,47)(H,44,48). The molecule has 54 heavy (non-hydrogen) atoms. The Morgan fingerprint density at radius 3 is 1.28 bits per heavy atom. The second-order valence-corrected chi connectivity index (χ2v) is 19.5.